The van der Waals surface area contributed by atoms with Crippen molar-refractivity contribution in [3.05, 3.63) is 64.8 Å². The summed E-state index contributed by atoms with van der Waals surface area (Å²) in [6.45, 7) is 6.01. The zero-order valence-electron chi connectivity index (χ0n) is 18.3. The molecular weight excluding hydrogens is 462 g/mol. The quantitative estimate of drug-likeness (QED) is 0.316. The second-order valence-corrected chi connectivity index (χ2v) is 9.41. The van der Waals surface area contributed by atoms with Crippen molar-refractivity contribution in [3.63, 3.8) is 0 Å². The van der Waals surface area contributed by atoms with Gasteiger partial charge in [-0.05, 0) is 44.0 Å². The van der Waals surface area contributed by atoms with Gasteiger partial charge in [0.2, 0.25) is 5.13 Å². The number of thioether (sulfide) groups is 1. The summed E-state index contributed by atoms with van der Waals surface area (Å²) in [4.78, 5) is 25.0. The molecule has 3 aromatic rings. The van der Waals surface area contributed by atoms with E-state index in [0.29, 0.717) is 32.3 Å². The summed E-state index contributed by atoms with van der Waals surface area (Å²) in [5, 5.41) is 17.9. The Kier molecular flexibility index (Phi) is 6.99. The molecule has 0 radical (unpaired) electrons. The number of nitrogens with zero attached hydrogens (tertiary/aromatic N) is 2. The van der Waals surface area contributed by atoms with Crippen molar-refractivity contribution in [2.75, 3.05) is 17.7 Å². The number of hydrogen-bond acceptors (Lipinski definition) is 9. The Balaban J connectivity index is 1.54. The number of aryl methyl sites for hydroxylation is 2. The molecule has 0 aliphatic carbocycles. The molecule has 0 bridgehead atoms. The van der Waals surface area contributed by atoms with Gasteiger partial charge in [-0.1, -0.05) is 41.3 Å². The summed E-state index contributed by atoms with van der Waals surface area (Å²) in [5.74, 6) is 0.236. The number of carbonyl (C=O) groups is 2. The molecule has 0 spiro atoms. The van der Waals surface area contributed by atoms with Crippen molar-refractivity contribution in [1.82, 2.24) is 20.8 Å². The monoisotopic (exact) mass is 485 g/mol. The highest BCUT2D eigenvalue weighted by atomic mass is 32.2. The van der Waals surface area contributed by atoms with Gasteiger partial charge in [0.25, 0.3) is 0 Å². The third-order valence-corrected chi connectivity index (χ3v) is 6.93. The Bertz CT molecular complexity index is 1170. The molecule has 3 N–H and O–H groups in total. The minimum Gasteiger partial charge on any atom is -0.467 e. The average Bonchev–Trinajstić information content (AvgIpc) is 3.47. The van der Waals surface area contributed by atoms with Crippen molar-refractivity contribution >= 4 is 45.9 Å². The van der Waals surface area contributed by atoms with Crippen LogP contribution in [0.1, 0.15) is 29.9 Å². The number of urea groups is 1. The van der Waals surface area contributed by atoms with Crippen LogP contribution in [0.3, 0.4) is 0 Å². The van der Waals surface area contributed by atoms with Crippen LogP contribution < -0.4 is 16.0 Å². The van der Waals surface area contributed by atoms with Crippen LogP contribution in [-0.2, 0) is 9.53 Å². The third kappa shape index (κ3) is 5.20. The summed E-state index contributed by atoms with van der Waals surface area (Å²) in [7, 11) is 0. The van der Waals surface area contributed by atoms with E-state index in [4.69, 9.17) is 9.15 Å². The summed E-state index contributed by atoms with van der Waals surface area (Å²) >= 11 is 2.77. The minimum absolute atomic E-state index is 0.214. The summed E-state index contributed by atoms with van der Waals surface area (Å²) in [5.41, 5.74) is 3.99. The highest BCUT2D eigenvalue weighted by molar-refractivity contribution is 8.01. The van der Waals surface area contributed by atoms with Crippen LogP contribution in [0.5, 0.6) is 0 Å². The zero-order valence-corrected chi connectivity index (χ0v) is 19.9. The maximum atomic E-state index is 12.7. The Morgan fingerprint density at radius 3 is 2.73 bits per heavy atom. The molecule has 0 saturated carbocycles. The summed E-state index contributed by atoms with van der Waals surface area (Å²) < 4.78 is 11.4. The van der Waals surface area contributed by atoms with Crippen molar-refractivity contribution in [1.29, 1.82) is 0 Å². The number of hydrogen-bond donors (Lipinski definition) is 3. The molecule has 0 fully saturated rings. The van der Waals surface area contributed by atoms with Gasteiger partial charge in [0.1, 0.15) is 11.8 Å². The lowest BCUT2D eigenvalue weighted by molar-refractivity contribution is -0.139. The Labute approximate surface area is 199 Å². The predicted molar refractivity (Wildman–Crippen MR) is 127 cm³/mol. The van der Waals surface area contributed by atoms with Crippen molar-refractivity contribution in [2.45, 2.75) is 31.2 Å². The number of benzene rings is 1. The molecule has 172 valence electrons. The highest BCUT2D eigenvalue weighted by Gasteiger charge is 2.35. The van der Waals surface area contributed by atoms with Gasteiger partial charge in [-0.3, -0.25) is 0 Å². The second-order valence-electron chi connectivity index (χ2n) is 7.21. The Hall–Kier alpha value is -3.31. The number of para-hydroxylation sites is 1. The maximum absolute atomic E-state index is 12.7. The number of esters is 1. The van der Waals surface area contributed by atoms with Crippen LogP contribution in [0.15, 0.2) is 56.6 Å². The van der Waals surface area contributed by atoms with Gasteiger partial charge in [0.15, 0.2) is 4.34 Å². The molecular formula is C22H23N5O4S2. The normalized spacial score (nSPS) is 15.7. The number of aromatic nitrogens is 2. The van der Waals surface area contributed by atoms with E-state index in [-0.39, 0.29) is 6.61 Å². The minimum atomic E-state index is -0.737. The third-order valence-electron chi connectivity index (χ3n) is 4.94. The fourth-order valence-electron chi connectivity index (χ4n) is 3.42. The van der Waals surface area contributed by atoms with Crippen molar-refractivity contribution < 1.29 is 18.7 Å². The van der Waals surface area contributed by atoms with Crippen LogP contribution in [0, 0.1) is 13.8 Å². The number of nitrogens with one attached hydrogen (secondary N) is 3. The van der Waals surface area contributed by atoms with E-state index in [1.165, 1.54) is 29.4 Å². The van der Waals surface area contributed by atoms with E-state index in [9.17, 15) is 9.59 Å². The molecule has 0 saturated heterocycles. The smallest absolute Gasteiger partial charge is 0.338 e. The fourth-order valence-corrected chi connectivity index (χ4v) is 5.15. The van der Waals surface area contributed by atoms with Gasteiger partial charge in [0, 0.05) is 17.1 Å². The zero-order chi connectivity index (χ0) is 23.4. The van der Waals surface area contributed by atoms with Crippen molar-refractivity contribution in [3.8, 4) is 0 Å². The molecule has 2 aromatic heterocycles. The number of carbonyl (C=O) groups excluding carboxylic acids is 2. The fraction of sp³-hybridized carbons (Fsp3) is 0.273. The largest absolute Gasteiger partial charge is 0.467 e. The van der Waals surface area contributed by atoms with Crippen molar-refractivity contribution in [2.24, 2.45) is 0 Å². The first-order chi connectivity index (χ1) is 16.0. The number of amides is 2. The molecule has 3 heterocycles. The summed E-state index contributed by atoms with van der Waals surface area (Å²) in [6, 6.07) is 8.32. The first kappa shape index (κ1) is 22.9. The lowest BCUT2D eigenvalue weighted by Crippen LogP contribution is -2.46. The van der Waals surface area contributed by atoms with E-state index in [2.05, 4.69) is 26.1 Å². The SMILES string of the molecule is CCOC(=O)C1=C(CSc2nnc(Nc3c(C)cccc3C)s2)NC(=O)N[C@H]1c1ccco1. The number of furan rings is 1. The van der Waals surface area contributed by atoms with E-state index >= 15 is 0 Å². The number of rotatable bonds is 8. The average molecular weight is 486 g/mol. The lowest BCUT2D eigenvalue weighted by atomic mass is 10.0. The van der Waals surface area contributed by atoms with Gasteiger partial charge in [0.05, 0.1) is 18.4 Å². The highest BCUT2D eigenvalue weighted by Crippen LogP contribution is 2.34. The number of anilines is 2. The molecule has 2 amide bonds. The van der Waals surface area contributed by atoms with Gasteiger partial charge in [-0.15, -0.1) is 10.2 Å². The van der Waals surface area contributed by atoms with Crippen LogP contribution in [0.2, 0.25) is 0 Å². The second kappa shape index (κ2) is 10.1. The van der Waals surface area contributed by atoms with E-state index in [0.717, 1.165) is 16.8 Å². The van der Waals surface area contributed by atoms with Crippen LogP contribution in [0.4, 0.5) is 15.6 Å². The van der Waals surface area contributed by atoms with Gasteiger partial charge >= 0.3 is 12.0 Å². The first-order valence-electron chi connectivity index (χ1n) is 10.3. The molecule has 4 rings (SSSR count). The Morgan fingerprint density at radius 1 is 1.24 bits per heavy atom. The molecule has 0 unspecified atom stereocenters. The molecule has 1 aliphatic heterocycles. The molecule has 9 nitrogen and oxygen atoms in total. The standard InChI is InChI=1S/C22H23N5O4S2/c1-4-30-19(28)16-14(23-20(29)24-18(16)15-9-6-10-31-15)11-32-22-27-26-21(33-22)25-17-12(2)7-5-8-13(17)3/h5-10,18H,4,11H2,1-3H3,(H,25,26)(H2,23,24,29)/t18-/m0/s1. The van der Waals surface area contributed by atoms with Crippen LogP contribution in [-0.4, -0.2) is 34.6 Å². The molecule has 1 atom stereocenters. The van der Waals surface area contributed by atoms with Gasteiger partial charge in [-0.25, -0.2) is 9.59 Å². The van der Waals surface area contributed by atoms with E-state index in [1.54, 1.807) is 19.1 Å². The summed E-state index contributed by atoms with van der Waals surface area (Å²) in [6.07, 6.45) is 1.49. The Morgan fingerprint density at radius 2 is 2.03 bits per heavy atom. The van der Waals surface area contributed by atoms with Gasteiger partial charge < -0.3 is 25.1 Å². The van der Waals surface area contributed by atoms with Crippen LogP contribution in [0.25, 0.3) is 0 Å². The van der Waals surface area contributed by atoms with E-state index in [1.807, 2.05) is 32.0 Å². The number of ether oxygens (including phenoxy) is 1. The van der Waals surface area contributed by atoms with E-state index < -0.39 is 18.0 Å². The van der Waals surface area contributed by atoms with Gasteiger partial charge in [-0.2, -0.15) is 0 Å². The molecule has 1 aliphatic rings. The topological polar surface area (TPSA) is 118 Å². The predicted octanol–water partition coefficient (Wildman–Crippen LogP) is 4.45. The maximum Gasteiger partial charge on any atom is 0.338 e. The van der Waals surface area contributed by atoms with Crippen LogP contribution >= 0.6 is 23.1 Å². The molecule has 11 heteroatoms. The molecule has 33 heavy (non-hydrogen) atoms. The lowest BCUT2D eigenvalue weighted by Gasteiger charge is -2.27. The molecule has 1 aromatic carbocycles. The first-order valence-corrected chi connectivity index (χ1v) is 12.1.